The molecule has 1 amide bonds. The summed E-state index contributed by atoms with van der Waals surface area (Å²) in [4.78, 5) is 22.0. The second-order valence-electron chi connectivity index (χ2n) is 4.67. The van der Waals surface area contributed by atoms with Crippen LogP contribution in [0.2, 0.25) is 0 Å². The molecule has 0 aromatic rings. The van der Waals surface area contributed by atoms with Crippen molar-refractivity contribution in [3.8, 4) is 0 Å². The van der Waals surface area contributed by atoms with E-state index >= 15 is 0 Å². The first-order valence-electron chi connectivity index (χ1n) is 6.07. The average Bonchev–Trinajstić information content (AvgIpc) is 2.33. The Morgan fingerprint density at radius 2 is 1.95 bits per heavy atom. The minimum Gasteiger partial charge on any atom is -0.481 e. The highest BCUT2D eigenvalue weighted by Gasteiger charge is 2.29. The van der Waals surface area contributed by atoms with Crippen LogP contribution in [0, 0.1) is 5.92 Å². The van der Waals surface area contributed by atoms with Crippen LogP contribution in [0.1, 0.15) is 25.7 Å². The van der Waals surface area contributed by atoms with E-state index in [1.165, 1.54) is 0 Å². The minimum absolute atomic E-state index is 0.133. The summed E-state index contributed by atoms with van der Waals surface area (Å²) in [6.07, 6.45) is -1.94. The van der Waals surface area contributed by atoms with Gasteiger partial charge in [-0.1, -0.05) is 6.42 Å². The number of hydrogen-bond acceptors (Lipinski definition) is 3. The van der Waals surface area contributed by atoms with Gasteiger partial charge < -0.3 is 15.7 Å². The third kappa shape index (κ3) is 6.42. The van der Waals surface area contributed by atoms with Crippen molar-refractivity contribution in [2.75, 3.05) is 13.1 Å². The molecule has 8 heteroatoms. The van der Waals surface area contributed by atoms with Crippen LogP contribution in [0.5, 0.6) is 0 Å². The molecule has 0 saturated heterocycles. The van der Waals surface area contributed by atoms with Crippen molar-refractivity contribution in [2.24, 2.45) is 5.92 Å². The fourth-order valence-corrected chi connectivity index (χ4v) is 2.10. The molecule has 1 aliphatic rings. The number of carbonyl (C=O) groups excluding carboxylic acids is 1. The van der Waals surface area contributed by atoms with Crippen LogP contribution in [-0.2, 0) is 9.59 Å². The number of hydrogen-bond donors (Lipinski definition) is 3. The Morgan fingerprint density at radius 3 is 2.53 bits per heavy atom. The summed E-state index contributed by atoms with van der Waals surface area (Å²) < 4.78 is 35.6. The SMILES string of the molecule is O=C(CNC1CCCC(C(=O)O)C1)NCC(F)(F)F. The van der Waals surface area contributed by atoms with Crippen LogP contribution in [0.25, 0.3) is 0 Å². The van der Waals surface area contributed by atoms with Crippen molar-refractivity contribution in [2.45, 2.75) is 37.9 Å². The highest BCUT2D eigenvalue weighted by molar-refractivity contribution is 5.78. The van der Waals surface area contributed by atoms with Gasteiger partial charge in [-0.25, -0.2) is 0 Å². The molecule has 0 radical (unpaired) electrons. The van der Waals surface area contributed by atoms with Gasteiger partial charge in [0.1, 0.15) is 6.54 Å². The molecule has 2 unspecified atom stereocenters. The van der Waals surface area contributed by atoms with Crippen molar-refractivity contribution in [1.29, 1.82) is 0 Å². The van der Waals surface area contributed by atoms with Crippen molar-refractivity contribution >= 4 is 11.9 Å². The third-order valence-corrected chi connectivity index (χ3v) is 3.06. The Bertz CT molecular complexity index is 334. The molecule has 2 atom stereocenters. The summed E-state index contributed by atoms with van der Waals surface area (Å²) >= 11 is 0. The Balaban J connectivity index is 2.24. The normalized spacial score (nSPS) is 23.9. The summed E-state index contributed by atoms with van der Waals surface area (Å²) in [5, 5.41) is 13.4. The molecule has 0 heterocycles. The molecule has 0 aromatic heterocycles. The maximum Gasteiger partial charge on any atom is 0.405 e. The number of halogens is 3. The smallest absolute Gasteiger partial charge is 0.405 e. The predicted octanol–water partition coefficient (Wildman–Crippen LogP) is 0.898. The van der Waals surface area contributed by atoms with E-state index in [2.05, 4.69) is 5.32 Å². The zero-order valence-corrected chi connectivity index (χ0v) is 10.3. The van der Waals surface area contributed by atoms with E-state index in [1.807, 2.05) is 0 Å². The van der Waals surface area contributed by atoms with Crippen molar-refractivity contribution in [3.63, 3.8) is 0 Å². The zero-order valence-electron chi connectivity index (χ0n) is 10.3. The third-order valence-electron chi connectivity index (χ3n) is 3.06. The van der Waals surface area contributed by atoms with E-state index in [1.54, 1.807) is 5.32 Å². The minimum atomic E-state index is -4.42. The molecule has 0 bridgehead atoms. The average molecular weight is 282 g/mol. The molecule has 0 aromatic carbocycles. The standard InChI is InChI=1S/C11H17F3N2O3/c12-11(13,14)6-16-9(17)5-15-8-3-1-2-7(4-8)10(18)19/h7-8,15H,1-6H2,(H,16,17)(H,18,19). The van der Waals surface area contributed by atoms with E-state index in [-0.39, 0.29) is 12.6 Å². The van der Waals surface area contributed by atoms with Crippen LogP contribution < -0.4 is 10.6 Å². The monoisotopic (exact) mass is 282 g/mol. The maximum absolute atomic E-state index is 11.9. The second kappa shape index (κ2) is 6.74. The fourth-order valence-electron chi connectivity index (χ4n) is 2.10. The summed E-state index contributed by atoms with van der Waals surface area (Å²) in [5.41, 5.74) is 0. The van der Waals surface area contributed by atoms with Gasteiger partial charge in [-0.15, -0.1) is 0 Å². The molecule has 3 N–H and O–H groups in total. The molecule has 0 aliphatic heterocycles. The lowest BCUT2D eigenvalue weighted by Gasteiger charge is -2.27. The number of amides is 1. The molecule has 1 rings (SSSR count). The quantitative estimate of drug-likeness (QED) is 0.700. The lowest BCUT2D eigenvalue weighted by Crippen LogP contribution is -2.44. The number of carboxylic acids is 1. The molecule has 1 saturated carbocycles. The van der Waals surface area contributed by atoms with Gasteiger partial charge in [0.25, 0.3) is 0 Å². The lowest BCUT2D eigenvalue weighted by atomic mass is 9.86. The summed E-state index contributed by atoms with van der Waals surface area (Å²) in [6, 6.07) is -0.133. The second-order valence-corrected chi connectivity index (χ2v) is 4.67. The highest BCUT2D eigenvalue weighted by atomic mass is 19.4. The Kier molecular flexibility index (Phi) is 5.59. The van der Waals surface area contributed by atoms with Gasteiger partial charge in [-0.3, -0.25) is 9.59 Å². The number of rotatable bonds is 5. The van der Waals surface area contributed by atoms with Gasteiger partial charge in [-0.05, 0) is 19.3 Å². The van der Waals surface area contributed by atoms with Gasteiger partial charge in [-0.2, -0.15) is 13.2 Å². The molecule has 0 spiro atoms. The van der Waals surface area contributed by atoms with Crippen LogP contribution in [0.15, 0.2) is 0 Å². The van der Waals surface area contributed by atoms with Gasteiger partial charge in [0.2, 0.25) is 5.91 Å². The largest absolute Gasteiger partial charge is 0.481 e. The number of carboxylic acid groups (broad SMARTS) is 1. The molecular weight excluding hydrogens is 265 g/mol. The summed E-state index contributed by atoms with van der Waals surface area (Å²) in [7, 11) is 0. The predicted molar refractivity (Wildman–Crippen MR) is 60.4 cm³/mol. The lowest BCUT2D eigenvalue weighted by molar-refractivity contribution is -0.143. The zero-order chi connectivity index (χ0) is 14.5. The molecule has 5 nitrogen and oxygen atoms in total. The van der Waals surface area contributed by atoms with Crippen molar-refractivity contribution < 1.29 is 27.9 Å². The van der Waals surface area contributed by atoms with E-state index in [9.17, 15) is 22.8 Å². The number of carbonyl (C=O) groups is 2. The molecule has 1 aliphatic carbocycles. The van der Waals surface area contributed by atoms with Crippen LogP contribution >= 0.6 is 0 Å². The number of nitrogens with one attached hydrogen (secondary N) is 2. The molecule has 19 heavy (non-hydrogen) atoms. The Labute approximate surface area is 108 Å². The number of aliphatic carboxylic acids is 1. The Hall–Kier alpha value is -1.31. The topological polar surface area (TPSA) is 78.4 Å². The first kappa shape index (κ1) is 15.7. The summed E-state index contributed by atoms with van der Waals surface area (Å²) in [6.45, 7) is -1.58. The summed E-state index contributed by atoms with van der Waals surface area (Å²) in [5.74, 6) is -2.05. The van der Waals surface area contributed by atoms with Gasteiger partial charge in [0.15, 0.2) is 0 Å². The van der Waals surface area contributed by atoms with Gasteiger partial charge in [0.05, 0.1) is 12.5 Å². The van der Waals surface area contributed by atoms with Crippen LogP contribution in [-0.4, -0.2) is 42.3 Å². The first-order chi connectivity index (χ1) is 8.78. The van der Waals surface area contributed by atoms with Gasteiger partial charge >= 0.3 is 12.1 Å². The Morgan fingerprint density at radius 1 is 1.26 bits per heavy atom. The molecule has 110 valence electrons. The van der Waals surface area contributed by atoms with Crippen LogP contribution in [0.3, 0.4) is 0 Å². The highest BCUT2D eigenvalue weighted by Crippen LogP contribution is 2.24. The van der Waals surface area contributed by atoms with Crippen molar-refractivity contribution in [1.82, 2.24) is 10.6 Å². The van der Waals surface area contributed by atoms with E-state index in [0.29, 0.717) is 12.8 Å². The van der Waals surface area contributed by atoms with E-state index in [0.717, 1.165) is 12.8 Å². The molecule has 1 fully saturated rings. The maximum atomic E-state index is 11.9. The van der Waals surface area contributed by atoms with E-state index in [4.69, 9.17) is 5.11 Å². The van der Waals surface area contributed by atoms with Crippen molar-refractivity contribution in [3.05, 3.63) is 0 Å². The van der Waals surface area contributed by atoms with Crippen LogP contribution in [0.4, 0.5) is 13.2 Å². The fraction of sp³-hybridized carbons (Fsp3) is 0.818. The first-order valence-corrected chi connectivity index (χ1v) is 6.07. The van der Waals surface area contributed by atoms with E-state index < -0.39 is 30.5 Å². The number of alkyl halides is 3. The molecular formula is C11H17F3N2O3. The van der Waals surface area contributed by atoms with Gasteiger partial charge in [0, 0.05) is 6.04 Å².